The Balaban J connectivity index is 0.00000243. The topological polar surface area (TPSA) is 70.2 Å². The molecule has 0 spiro atoms. The summed E-state index contributed by atoms with van der Waals surface area (Å²) in [5, 5.41) is 10.4. The maximum absolute atomic E-state index is 13.3. The second-order valence-electron chi connectivity index (χ2n) is 6.23. The Labute approximate surface area is 158 Å². The van der Waals surface area contributed by atoms with Gasteiger partial charge >= 0.3 is 0 Å². The summed E-state index contributed by atoms with van der Waals surface area (Å²) in [7, 11) is 1.81. The van der Waals surface area contributed by atoms with Gasteiger partial charge in [0.25, 0.3) is 0 Å². The lowest BCUT2D eigenvalue weighted by molar-refractivity contribution is -0.135. The van der Waals surface area contributed by atoms with Crippen molar-refractivity contribution in [2.45, 2.75) is 18.9 Å². The van der Waals surface area contributed by atoms with Crippen molar-refractivity contribution in [2.75, 3.05) is 33.4 Å². The third-order valence-corrected chi connectivity index (χ3v) is 4.29. The fraction of sp³-hybridized carbons (Fsp3) is 0.444. The molecular weight excluding hydrogens is 359 g/mol. The second kappa shape index (κ2) is 9.66. The van der Waals surface area contributed by atoms with E-state index >= 15 is 0 Å². The number of halogens is 2. The van der Waals surface area contributed by atoms with Crippen LogP contribution in [0.25, 0.3) is 11.3 Å². The van der Waals surface area contributed by atoms with Crippen molar-refractivity contribution in [2.24, 2.45) is 0 Å². The highest BCUT2D eigenvalue weighted by atomic mass is 35.5. The third-order valence-electron chi connectivity index (χ3n) is 4.29. The van der Waals surface area contributed by atoms with E-state index in [9.17, 15) is 9.18 Å². The van der Waals surface area contributed by atoms with Crippen LogP contribution < -0.4 is 5.32 Å². The van der Waals surface area contributed by atoms with Crippen molar-refractivity contribution < 1.29 is 13.9 Å². The van der Waals surface area contributed by atoms with E-state index < -0.39 is 0 Å². The molecule has 0 saturated carbocycles. The number of nitrogens with zero attached hydrogens (tertiary/aromatic N) is 2. The molecule has 0 radical (unpaired) electrons. The number of aromatic amines is 1. The van der Waals surface area contributed by atoms with Crippen LogP contribution in [0.15, 0.2) is 30.3 Å². The standard InChI is InChI=1S/C18H23FN4O2.ClH/c1-23(18(24)17-12-25-9-7-20-17)8-3-6-15-11-16(22-21-15)13-4-2-5-14(19)10-13;/h2,4-5,10-11,17,20H,3,6-9,12H2,1H3,(H,21,22);1H. The van der Waals surface area contributed by atoms with Gasteiger partial charge in [-0.3, -0.25) is 9.89 Å². The summed E-state index contributed by atoms with van der Waals surface area (Å²) < 4.78 is 18.6. The molecule has 3 rings (SSSR count). The van der Waals surface area contributed by atoms with E-state index in [4.69, 9.17) is 4.74 Å². The summed E-state index contributed by atoms with van der Waals surface area (Å²) in [6, 6.07) is 8.05. The first-order valence-corrected chi connectivity index (χ1v) is 8.50. The Morgan fingerprint density at radius 3 is 3.00 bits per heavy atom. The van der Waals surface area contributed by atoms with Gasteiger partial charge in [-0.05, 0) is 31.0 Å². The van der Waals surface area contributed by atoms with Crippen molar-refractivity contribution in [3.8, 4) is 11.3 Å². The van der Waals surface area contributed by atoms with Crippen molar-refractivity contribution >= 4 is 18.3 Å². The summed E-state index contributed by atoms with van der Waals surface area (Å²) in [6.07, 6.45) is 1.59. The lowest BCUT2D eigenvalue weighted by Gasteiger charge is -2.27. The van der Waals surface area contributed by atoms with Gasteiger partial charge in [0.05, 0.1) is 18.9 Å². The number of carbonyl (C=O) groups excluding carboxylic acids is 1. The van der Waals surface area contributed by atoms with Gasteiger partial charge in [0.15, 0.2) is 0 Å². The van der Waals surface area contributed by atoms with Gasteiger partial charge in [0.2, 0.25) is 5.91 Å². The van der Waals surface area contributed by atoms with Crippen molar-refractivity contribution in [3.63, 3.8) is 0 Å². The smallest absolute Gasteiger partial charge is 0.241 e. The number of hydrogen-bond donors (Lipinski definition) is 2. The van der Waals surface area contributed by atoms with Gasteiger partial charge in [0.1, 0.15) is 11.9 Å². The first kappa shape index (κ1) is 20.4. The van der Waals surface area contributed by atoms with Gasteiger partial charge in [-0.1, -0.05) is 12.1 Å². The maximum atomic E-state index is 13.3. The molecule has 2 N–H and O–H groups in total. The monoisotopic (exact) mass is 382 g/mol. The van der Waals surface area contributed by atoms with E-state index in [2.05, 4.69) is 15.5 Å². The number of amides is 1. The fourth-order valence-electron chi connectivity index (χ4n) is 2.89. The third kappa shape index (κ3) is 5.27. The second-order valence-corrected chi connectivity index (χ2v) is 6.23. The maximum Gasteiger partial charge on any atom is 0.241 e. The first-order chi connectivity index (χ1) is 12.1. The molecule has 1 fully saturated rings. The van der Waals surface area contributed by atoms with E-state index in [0.717, 1.165) is 29.8 Å². The van der Waals surface area contributed by atoms with E-state index in [-0.39, 0.29) is 30.2 Å². The number of hydrogen-bond acceptors (Lipinski definition) is 4. The molecule has 0 aliphatic carbocycles. The highest BCUT2D eigenvalue weighted by Crippen LogP contribution is 2.19. The van der Waals surface area contributed by atoms with E-state index in [1.807, 2.05) is 19.2 Å². The fourth-order valence-corrected chi connectivity index (χ4v) is 2.89. The van der Waals surface area contributed by atoms with Crippen LogP contribution in [0, 0.1) is 5.82 Å². The van der Waals surface area contributed by atoms with E-state index in [0.29, 0.717) is 26.3 Å². The molecule has 0 bridgehead atoms. The molecule has 1 amide bonds. The van der Waals surface area contributed by atoms with Gasteiger partial charge in [-0.2, -0.15) is 5.10 Å². The molecule has 1 aliphatic heterocycles. The zero-order valence-electron chi connectivity index (χ0n) is 14.7. The number of aromatic nitrogens is 2. The molecule has 142 valence electrons. The molecule has 1 aromatic carbocycles. The molecule has 1 atom stereocenters. The zero-order chi connectivity index (χ0) is 17.6. The Hall–Kier alpha value is -1.96. The predicted octanol–water partition coefficient (Wildman–Crippen LogP) is 2.02. The Bertz CT molecular complexity index is 719. The molecule has 8 heteroatoms. The van der Waals surface area contributed by atoms with Crippen molar-refractivity contribution in [1.82, 2.24) is 20.4 Å². The Morgan fingerprint density at radius 2 is 2.27 bits per heavy atom. The zero-order valence-corrected chi connectivity index (χ0v) is 15.5. The summed E-state index contributed by atoms with van der Waals surface area (Å²) in [6.45, 7) is 2.45. The molecule has 1 unspecified atom stereocenters. The van der Waals surface area contributed by atoms with Gasteiger partial charge in [-0.15, -0.1) is 12.4 Å². The van der Waals surface area contributed by atoms with Crippen LogP contribution in [0.3, 0.4) is 0 Å². The van der Waals surface area contributed by atoms with Crippen LogP contribution in [0.4, 0.5) is 4.39 Å². The predicted molar refractivity (Wildman–Crippen MR) is 99.8 cm³/mol. The van der Waals surface area contributed by atoms with E-state index in [1.54, 1.807) is 11.0 Å². The SMILES string of the molecule is CN(CCCc1cc(-c2cccc(F)c2)n[nH]1)C(=O)C1COCCN1.Cl. The number of benzene rings is 1. The summed E-state index contributed by atoms with van der Waals surface area (Å²) in [5.74, 6) is -0.216. The number of likely N-dealkylation sites (N-methyl/N-ethyl adjacent to an activating group) is 1. The van der Waals surface area contributed by atoms with Crippen molar-refractivity contribution in [3.05, 3.63) is 41.8 Å². The van der Waals surface area contributed by atoms with Crippen LogP contribution >= 0.6 is 12.4 Å². The summed E-state index contributed by atoms with van der Waals surface area (Å²) in [5.41, 5.74) is 2.44. The highest BCUT2D eigenvalue weighted by molar-refractivity contribution is 5.85. The number of ether oxygens (including phenoxy) is 1. The van der Waals surface area contributed by atoms with Crippen molar-refractivity contribution in [1.29, 1.82) is 0 Å². The first-order valence-electron chi connectivity index (χ1n) is 8.50. The number of H-pyrrole nitrogens is 1. The van der Waals surface area contributed by atoms with Gasteiger partial charge < -0.3 is 15.0 Å². The summed E-state index contributed by atoms with van der Waals surface area (Å²) >= 11 is 0. The quantitative estimate of drug-likeness (QED) is 0.801. The Kier molecular flexibility index (Phi) is 7.56. The largest absolute Gasteiger partial charge is 0.378 e. The minimum atomic E-state index is -0.275. The van der Waals surface area contributed by atoms with Gasteiger partial charge in [0, 0.05) is 31.4 Å². The average molecular weight is 383 g/mol. The van der Waals surface area contributed by atoms with E-state index in [1.165, 1.54) is 12.1 Å². The lowest BCUT2D eigenvalue weighted by Crippen LogP contribution is -2.51. The van der Waals surface area contributed by atoms with Crippen LogP contribution in [-0.4, -0.2) is 60.4 Å². The molecule has 6 nitrogen and oxygen atoms in total. The minimum Gasteiger partial charge on any atom is -0.378 e. The normalized spacial score (nSPS) is 16.8. The molecule has 2 heterocycles. The van der Waals surface area contributed by atoms with Crippen LogP contribution in [0.5, 0.6) is 0 Å². The van der Waals surface area contributed by atoms with Crippen LogP contribution in [0.1, 0.15) is 12.1 Å². The average Bonchev–Trinajstić information content (AvgIpc) is 3.11. The molecule has 1 aliphatic rings. The highest BCUT2D eigenvalue weighted by Gasteiger charge is 2.23. The molecular formula is C18H24ClFN4O2. The van der Waals surface area contributed by atoms with Crippen LogP contribution in [0.2, 0.25) is 0 Å². The molecule has 26 heavy (non-hydrogen) atoms. The summed E-state index contributed by atoms with van der Waals surface area (Å²) in [4.78, 5) is 14.0. The molecule has 1 aromatic heterocycles. The molecule has 2 aromatic rings. The Morgan fingerprint density at radius 1 is 1.42 bits per heavy atom. The lowest BCUT2D eigenvalue weighted by atomic mass is 10.1. The van der Waals surface area contributed by atoms with Gasteiger partial charge in [-0.25, -0.2) is 4.39 Å². The molecule has 1 saturated heterocycles. The number of carbonyl (C=O) groups is 1. The number of morpholine rings is 1. The van der Waals surface area contributed by atoms with Crippen LogP contribution in [-0.2, 0) is 16.0 Å². The number of nitrogens with one attached hydrogen (secondary N) is 2. The minimum absolute atomic E-state index is 0. The number of aryl methyl sites for hydroxylation is 1. The number of rotatable bonds is 6.